The number of nitrogens with one attached hydrogen (secondary N) is 2. The Bertz CT molecular complexity index is 1530. The van der Waals surface area contributed by atoms with Crippen LogP contribution in [0.1, 0.15) is 41.7 Å². The summed E-state index contributed by atoms with van der Waals surface area (Å²) in [4.78, 5) is 44.8. The second-order valence-corrected chi connectivity index (χ2v) is 10.00. The van der Waals surface area contributed by atoms with Gasteiger partial charge in [0.25, 0.3) is 0 Å². The highest BCUT2D eigenvalue weighted by Crippen LogP contribution is 2.39. The number of halogens is 2. The van der Waals surface area contributed by atoms with Gasteiger partial charge < -0.3 is 15.2 Å². The van der Waals surface area contributed by atoms with Crippen LogP contribution in [0.4, 0.5) is 14.5 Å². The van der Waals surface area contributed by atoms with Gasteiger partial charge in [-0.3, -0.25) is 29.6 Å². The maximum absolute atomic E-state index is 16.9. The third kappa shape index (κ3) is 8.14. The molecular formula is C34H34F2N4O5. The number of hydrogen-bond acceptors (Lipinski definition) is 7. The number of carbonyl (C=O) groups is 3. The number of hydrogen-bond donors (Lipinski definition) is 3. The fourth-order valence-corrected chi connectivity index (χ4v) is 4.88. The molecule has 3 N–H and O–H groups in total. The van der Waals surface area contributed by atoms with Crippen molar-refractivity contribution in [1.82, 2.24) is 15.6 Å². The van der Waals surface area contributed by atoms with E-state index in [9.17, 15) is 19.5 Å². The molecule has 0 radical (unpaired) electrons. The van der Waals surface area contributed by atoms with Crippen LogP contribution in [0.3, 0.4) is 0 Å². The monoisotopic (exact) mass is 616 g/mol. The van der Waals surface area contributed by atoms with E-state index in [0.717, 1.165) is 4.90 Å². The van der Waals surface area contributed by atoms with Gasteiger partial charge in [-0.25, -0.2) is 0 Å². The topological polar surface area (TPSA) is 121 Å². The van der Waals surface area contributed by atoms with Crippen molar-refractivity contribution in [3.05, 3.63) is 132 Å². The van der Waals surface area contributed by atoms with Crippen LogP contribution in [0.25, 0.3) is 0 Å². The van der Waals surface area contributed by atoms with Gasteiger partial charge >= 0.3 is 17.8 Å². The Kier molecular flexibility index (Phi) is 11.4. The van der Waals surface area contributed by atoms with Crippen LogP contribution < -0.4 is 15.5 Å². The van der Waals surface area contributed by atoms with Gasteiger partial charge in [-0.15, -0.1) is 0 Å². The SMILES string of the molecule is CCOC(=O)CNC(=O)[C@H](c1ccncc1)N(C(=O)C(F)(F)[C@@H](N[C@@H](CO)c1ccccc1)c1ccccc1)c1ccccc1. The first kappa shape index (κ1) is 32.9. The van der Waals surface area contributed by atoms with Crippen LogP contribution in [0.2, 0.25) is 0 Å². The Morgan fingerprint density at radius 1 is 0.844 bits per heavy atom. The Hall–Kier alpha value is -5.00. The molecule has 0 saturated heterocycles. The fourth-order valence-electron chi connectivity index (χ4n) is 4.88. The quantitative estimate of drug-likeness (QED) is 0.178. The van der Waals surface area contributed by atoms with Crippen LogP contribution in [0.5, 0.6) is 0 Å². The number of rotatable bonds is 14. The lowest BCUT2D eigenvalue weighted by atomic mass is 9.95. The van der Waals surface area contributed by atoms with Gasteiger partial charge in [0.1, 0.15) is 18.6 Å². The molecule has 11 heteroatoms. The van der Waals surface area contributed by atoms with Crippen molar-refractivity contribution in [1.29, 1.82) is 0 Å². The highest BCUT2D eigenvalue weighted by Gasteiger charge is 2.53. The van der Waals surface area contributed by atoms with Gasteiger partial charge in [-0.2, -0.15) is 8.78 Å². The minimum atomic E-state index is -4.17. The molecule has 0 aliphatic heterocycles. The number of para-hydroxylation sites is 1. The first-order chi connectivity index (χ1) is 21.8. The van der Waals surface area contributed by atoms with Crippen molar-refractivity contribution in [2.45, 2.75) is 31.0 Å². The van der Waals surface area contributed by atoms with Crippen molar-refractivity contribution >= 4 is 23.5 Å². The number of anilines is 1. The Labute approximate surface area is 259 Å². The lowest BCUT2D eigenvalue weighted by Crippen LogP contribution is -2.55. The number of amides is 2. The molecule has 2 amide bonds. The van der Waals surface area contributed by atoms with Crippen LogP contribution >= 0.6 is 0 Å². The number of aliphatic hydroxyl groups excluding tert-OH is 1. The van der Waals surface area contributed by atoms with E-state index < -0.39 is 55.0 Å². The van der Waals surface area contributed by atoms with Gasteiger partial charge in [0, 0.05) is 18.1 Å². The third-order valence-corrected chi connectivity index (χ3v) is 7.03. The van der Waals surface area contributed by atoms with Gasteiger partial charge in [0.2, 0.25) is 5.91 Å². The smallest absolute Gasteiger partial charge is 0.344 e. The lowest BCUT2D eigenvalue weighted by molar-refractivity contribution is -0.149. The van der Waals surface area contributed by atoms with Crippen molar-refractivity contribution in [2.75, 3.05) is 24.7 Å². The lowest BCUT2D eigenvalue weighted by Gasteiger charge is -2.37. The number of benzene rings is 3. The highest BCUT2D eigenvalue weighted by atomic mass is 19.3. The molecule has 0 spiro atoms. The number of aromatic nitrogens is 1. The number of esters is 1. The van der Waals surface area contributed by atoms with E-state index in [1.54, 1.807) is 73.7 Å². The summed E-state index contributed by atoms with van der Waals surface area (Å²) in [7, 11) is 0. The van der Waals surface area contributed by atoms with E-state index in [4.69, 9.17) is 4.74 Å². The molecule has 0 unspecified atom stereocenters. The molecule has 1 aromatic heterocycles. The highest BCUT2D eigenvalue weighted by molar-refractivity contribution is 6.05. The number of nitrogens with zero attached hydrogens (tertiary/aromatic N) is 2. The molecule has 3 atom stereocenters. The molecule has 0 aliphatic carbocycles. The second-order valence-electron chi connectivity index (χ2n) is 10.00. The summed E-state index contributed by atoms with van der Waals surface area (Å²) in [5, 5.41) is 15.5. The number of carbonyl (C=O) groups excluding carboxylic acids is 3. The van der Waals surface area contributed by atoms with Gasteiger partial charge in [0.05, 0.1) is 19.3 Å². The number of ether oxygens (including phenoxy) is 1. The van der Waals surface area contributed by atoms with Crippen molar-refractivity contribution < 1.29 is 33.0 Å². The Morgan fingerprint density at radius 2 is 1.40 bits per heavy atom. The van der Waals surface area contributed by atoms with Crippen LogP contribution in [-0.4, -0.2) is 53.6 Å². The predicted octanol–water partition coefficient (Wildman–Crippen LogP) is 4.54. The van der Waals surface area contributed by atoms with Gasteiger partial charge in [0.15, 0.2) is 0 Å². The molecule has 0 fully saturated rings. The van der Waals surface area contributed by atoms with E-state index in [1.807, 2.05) is 0 Å². The molecule has 3 aromatic carbocycles. The summed E-state index contributed by atoms with van der Waals surface area (Å²) in [5.74, 6) is -7.48. The largest absolute Gasteiger partial charge is 0.465 e. The first-order valence-electron chi connectivity index (χ1n) is 14.3. The molecule has 9 nitrogen and oxygen atoms in total. The minimum Gasteiger partial charge on any atom is -0.465 e. The molecular weight excluding hydrogens is 582 g/mol. The number of aliphatic hydroxyl groups is 1. The predicted molar refractivity (Wildman–Crippen MR) is 164 cm³/mol. The Morgan fingerprint density at radius 3 is 1.96 bits per heavy atom. The summed E-state index contributed by atoms with van der Waals surface area (Å²) < 4.78 is 38.7. The zero-order valence-electron chi connectivity index (χ0n) is 24.6. The average Bonchev–Trinajstić information content (AvgIpc) is 3.08. The molecule has 0 saturated carbocycles. The summed E-state index contributed by atoms with van der Waals surface area (Å²) >= 11 is 0. The zero-order chi connectivity index (χ0) is 32.2. The molecule has 0 aliphatic rings. The normalized spacial score (nSPS) is 13.2. The minimum absolute atomic E-state index is 0.0175. The number of pyridine rings is 1. The molecule has 234 valence electrons. The summed E-state index contributed by atoms with van der Waals surface area (Å²) in [5.41, 5.74) is 0.826. The van der Waals surface area contributed by atoms with E-state index in [-0.39, 0.29) is 23.4 Å². The summed E-state index contributed by atoms with van der Waals surface area (Å²) in [6, 6.07) is 22.2. The average molecular weight is 617 g/mol. The second kappa shape index (κ2) is 15.6. The summed E-state index contributed by atoms with van der Waals surface area (Å²) in [6.45, 7) is 0.615. The maximum Gasteiger partial charge on any atom is 0.344 e. The van der Waals surface area contributed by atoms with Gasteiger partial charge in [-0.05, 0) is 47.9 Å². The molecule has 45 heavy (non-hydrogen) atoms. The van der Waals surface area contributed by atoms with Crippen molar-refractivity contribution in [3.8, 4) is 0 Å². The standard InChI is InChI=1S/C34H34F2N4O5/c1-2-45-29(42)22-38-32(43)30(25-18-20-37-21-19-25)40(27-16-10-5-11-17-27)33(44)34(35,36)31(26-14-8-4-9-15-26)39-28(23-41)24-12-6-3-7-13-24/h3-21,28,30-31,39,41H,2,22-23H2,1H3,(H,38,43)/t28-,30-,31-/m0/s1. The van der Waals surface area contributed by atoms with Crippen LogP contribution in [-0.2, 0) is 19.1 Å². The Balaban J connectivity index is 1.82. The summed E-state index contributed by atoms with van der Waals surface area (Å²) in [6.07, 6.45) is 2.74. The third-order valence-electron chi connectivity index (χ3n) is 7.03. The van der Waals surface area contributed by atoms with Crippen LogP contribution in [0, 0.1) is 0 Å². The molecule has 4 aromatic rings. The zero-order valence-corrected chi connectivity index (χ0v) is 24.6. The molecule has 1 heterocycles. The van der Waals surface area contributed by atoms with E-state index >= 15 is 8.78 Å². The fraction of sp³-hybridized carbons (Fsp3) is 0.235. The first-order valence-corrected chi connectivity index (χ1v) is 14.3. The van der Waals surface area contributed by atoms with Crippen molar-refractivity contribution in [2.24, 2.45) is 0 Å². The molecule has 0 bridgehead atoms. The van der Waals surface area contributed by atoms with Crippen LogP contribution in [0.15, 0.2) is 116 Å². The van der Waals surface area contributed by atoms with Crippen molar-refractivity contribution in [3.63, 3.8) is 0 Å². The molecule has 4 rings (SSSR count). The van der Waals surface area contributed by atoms with Gasteiger partial charge in [-0.1, -0.05) is 78.9 Å². The number of alkyl halides is 2. The van der Waals surface area contributed by atoms with E-state index in [0.29, 0.717) is 5.56 Å². The maximum atomic E-state index is 16.9. The van der Waals surface area contributed by atoms with E-state index in [2.05, 4.69) is 15.6 Å². The van der Waals surface area contributed by atoms with E-state index in [1.165, 1.54) is 48.8 Å².